The summed E-state index contributed by atoms with van der Waals surface area (Å²) >= 11 is 0. The highest BCUT2D eigenvalue weighted by Crippen LogP contribution is 2.24. The summed E-state index contributed by atoms with van der Waals surface area (Å²) in [5.41, 5.74) is 6.84. The Balaban J connectivity index is 1.75. The van der Waals surface area contributed by atoms with Crippen LogP contribution in [-0.2, 0) is 9.63 Å². The molecule has 0 saturated carbocycles. The molecule has 1 amide bonds. The molecule has 2 aliphatic rings. The van der Waals surface area contributed by atoms with Crippen molar-refractivity contribution < 1.29 is 14.0 Å². The lowest BCUT2D eigenvalue weighted by Gasteiger charge is -2.23. The predicted molar refractivity (Wildman–Crippen MR) is 85.9 cm³/mol. The molecule has 1 saturated heterocycles. The van der Waals surface area contributed by atoms with Crippen molar-refractivity contribution >= 4 is 17.3 Å². The average molecular weight is 320 g/mol. The van der Waals surface area contributed by atoms with Crippen molar-refractivity contribution in [2.24, 2.45) is 10.9 Å². The summed E-state index contributed by atoms with van der Waals surface area (Å²) in [5.74, 6) is -0.943. The number of rotatable bonds is 3. The molecule has 3 rings (SSSR count). The molecule has 1 aromatic rings. The van der Waals surface area contributed by atoms with Crippen LogP contribution in [0.25, 0.3) is 0 Å². The van der Waals surface area contributed by atoms with E-state index in [4.69, 9.17) is 10.6 Å². The lowest BCUT2D eigenvalue weighted by Crippen LogP contribution is -2.29. The molecule has 1 fully saturated rings. The summed E-state index contributed by atoms with van der Waals surface area (Å²) in [5, 5.41) is 3.79. The van der Waals surface area contributed by atoms with Crippen LogP contribution in [0, 0.1) is 5.82 Å². The first-order valence-corrected chi connectivity index (χ1v) is 7.80. The van der Waals surface area contributed by atoms with Gasteiger partial charge in [-0.2, -0.15) is 0 Å². The van der Waals surface area contributed by atoms with Gasteiger partial charge in [0.05, 0.1) is 5.71 Å². The summed E-state index contributed by atoms with van der Waals surface area (Å²) in [6, 6.07) is 5.12. The Hall–Kier alpha value is -2.15. The van der Waals surface area contributed by atoms with Crippen LogP contribution < -0.4 is 10.6 Å². The van der Waals surface area contributed by atoms with Gasteiger partial charge in [-0.25, -0.2) is 4.39 Å². The number of halogens is 1. The Morgan fingerprint density at radius 3 is 2.87 bits per heavy atom. The number of likely N-dealkylation sites (N-methyl/N-ethyl adjacent to an activating group) is 1. The van der Waals surface area contributed by atoms with Crippen molar-refractivity contribution in [1.29, 1.82) is 0 Å². The molecule has 1 unspecified atom stereocenters. The highest BCUT2D eigenvalue weighted by molar-refractivity contribution is 6.04. The molecule has 7 heteroatoms. The Bertz CT molecular complexity index is 635. The van der Waals surface area contributed by atoms with Gasteiger partial charge in [0.25, 0.3) is 5.91 Å². The van der Waals surface area contributed by atoms with Crippen LogP contribution in [0.5, 0.6) is 0 Å². The van der Waals surface area contributed by atoms with Crippen LogP contribution in [0.4, 0.5) is 10.1 Å². The molecule has 1 atom stereocenters. The second-order valence-corrected chi connectivity index (χ2v) is 6.05. The minimum atomic E-state index is -0.801. The lowest BCUT2D eigenvalue weighted by molar-refractivity contribution is -0.127. The molecule has 2 N–H and O–H groups in total. The number of hydrogen-bond donors (Lipinski definition) is 1. The van der Waals surface area contributed by atoms with Crippen molar-refractivity contribution in [2.45, 2.75) is 18.9 Å². The van der Waals surface area contributed by atoms with Gasteiger partial charge in [0.1, 0.15) is 5.82 Å². The summed E-state index contributed by atoms with van der Waals surface area (Å²) < 4.78 is 14.5. The average Bonchev–Trinajstić information content (AvgIpc) is 2.90. The third kappa shape index (κ3) is 3.44. The molecule has 23 heavy (non-hydrogen) atoms. The van der Waals surface area contributed by atoms with Crippen LogP contribution >= 0.6 is 0 Å². The highest BCUT2D eigenvalue weighted by atomic mass is 19.1. The molecule has 6 nitrogen and oxygen atoms in total. The highest BCUT2D eigenvalue weighted by Gasteiger charge is 2.28. The quantitative estimate of drug-likeness (QED) is 0.900. The number of oxime groups is 1. The van der Waals surface area contributed by atoms with E-state index in [2.05, 4.69) is 22.0 Å². The second-order valence-electron chi connectivity index (χ2n) is 6.05. The van der Waals surface area contributed by atoms with E-state index in [0.29, 0.717) is 11.3 Å². The van der Waals surface area contributed by atoms with E-state index in [9.17, 15) is 9.18 Å². The molecule has 0 bridgehead atoms. The monoisotopic (exact) mass is 320 g/mol. The largest absolute Gasteiger partial charge is 0.382 e. The zero-order valence-corrected chi connectivity index (χ0v) is 13.2. The van der Waals surface area contributed by atoms with Gasteiger partial charge in [0.2, 0.25) is 6.10 Å². The number of hydrogen-bond acceptors (Lipinski definition) is 5. The van der Waals surface area contributed by atoms with Gasteiger partial charge in [0, 0.05) is 37.3 Å². The van der Waals surface area contributed by atoms with Gasteiger partial charge in [-0.3, -0.25) is 4.79 Å². The molecule has 2 aliphatic heterocycles. The third-order valence-electron chi connectivity index (χ3n) is 4.33. The normalized spacial score (nSPS) is 22.4. The molecule has 0 radical (unpaired) electrons. The fraction of sp³-hybridized carbons (Fsp3) is 0.500. The molecule has 124 valence electrons. The number of anilines is 1. The number of amides is 1. The maximum atomic E-state index is 14.5. The molecule has 0 aromatic heterocycles. The van der Waals surface area contributed by atoms with Crippen LogP contribution in [0.15, 0.2) is 23.4 Å². The Morgan fingerprint density at radius 1 is 1.35 bits per heavy atom. The number of primary amides is 1. The molecular weight excluding hydrogens is 299 g/mol. The summed E-state index contributed by atoms with van der Waals surface area (Å²) in [4.78, 5) is 20.5. The molecule has 2 heterocycles. The smallest absolute Gasteiger partial charge is 0.261 e. The standard InChI is InChI=1S/C16H21FN4O2/c1-20-5-2-6-21(8-7-20)11-3-4-12(13(17)9-11)14-10-15(16(18)22)23-19-14/h3-4,9,15H,2,5-8,10H2,1H3,(H2,18,22). The SMILES string of the molecule is CN1CCCN(c2ccc(C3=NOC(C(N)=O)C3)c(F)c2)CC1. The first-order valence-electron chi connectivity index (χ1n) is 7.80. The third-order valence-corrected chi connectivity index (χ3v) is 4.33. The maximum Gasteiger partial charge on any atom is 0.261 e. The van der Waals surface area contributed by atoms with E-state index in [-0.39, 0.29) is 12.2 Å². The van der Waals surface area contributed by atoms with Gasteiger partial charge in [-0.1, -0.05) is 5.16 Å². The van der Waals surface area contributed by atoms with Crippen LogP contribution in [0.3, 0.4) is 0 Å². The van der Waals surface area contributed by atoms with Crippen LogP contribution in [-0.4, -0.2) is 55.8 Å². The first kappa shape index (κ1) is 15.7. The predicted octanol–water partition coefficient (Wildman–Crippen LogP) is 0.946. The van der Waals surface area contributed by atoms with Crippen molar-refractivity contribution in [3.63, 3.8) is 0 Å². The van der Waals surface area contributed by atoms with Crippen molar-refractivity contribution in [1.82, 2.24) is 4.90 Å². The molecular formula is C16H21FN4O2. The minimum absolute atomic E-state index is 0.208. The maximum absolute atomic E-state index is 14.5. The van der Waals surface area contributed by atoms with Gasteiger partial charge < -0.3 is 20.4 Å². The summed E-state index contributed by atoms with van der Waals surface area (Å²) in [7, 11) is 2.10. The van der Waals surface area contributed by atoms with Gasteiger partial charge >= 0.3 is 0 Å². The summed E-state index contributed by atoms with van der Waals surface area (Å²) in [6.07, 6.45) is 0.464. The van der Waals surface area contributed by atoms with Crippen LogP contribution in [0.1, 0.15) is 18.4 Å². The van der Waals surface area contributed by atoms with E-state index in [1.54, 1.807) is 6.07 Å². The van der Waals surface area contributed by atoms with E-state index >= 15 is 0 Å². The second kappa shape index (κ2) is 6.54. The topological polar surface area (TPSA) is 71.2 Å². The lowest BCUT2D eigenvalue weighted by atomic mass is 10.0. The minimum Gasteiger partial charge on any atom is -0.382 e. The number of carbonyl (C=O) groups is 1. The van der Waals surface area contributed by atoms with E-state index in [1.165, 1.54) is 6.07 Å². The number of nitrogens with two attached hydrogens (primary N) is 1. The zero-order valence-electron chi connectivity index (χ0n) is 13.2. The zero-order chi connectivity index (χ0) is 16.4. The first-order chi connectivity index (χ1) is 11.0. The molecule has 0 spiro atoms. The summed E-state index contributed by atoms with van der Waals surface area (Å²) in [6.45, 7) is 3.81. The molecule has 0 aliphatic carbocycles. The van der Waals surface area contributed by atoms with E-state index in [0.717, 1.165) is 38.3 Å². The Morgan fingerprint density at radius 2 is 2.17 bits per heavy atom. The van der Waals surface area contributed by atoms with Crippen molar-refractivity contribution in [3.8, 4) is 0 Å². The fourth-order valence-electron chi connectivity index (χ4n) is 2.93. The van der Waals surface area contributed by atoms with Gasteiger partial charge in [0.15, 0.2) is 0 Å². The van der Waals surface area contributed by atoms with Crippen molar-refractivity contribution in [3.05, 3.63) is 29.6 Å². The van der Waals surface area contributed by atoms with E-state index < -0.39 is 12.0 Å². The number of nitrogens with zero attached hydrogens (tertiary/aromatic N) is 3. The molecule has 1 aromatic carbocycles. The number of benzene rings is 1. The van der Waals surface area contributed by atoms with Crippen molar-refractivity contribution in [2.75, 3.05) is 38.1 Å². The van der Waals surface area contributed by atoms with Crippen LogP contribution in [0.2, 0.25) is 0 Å². The Kier molecular flexibility index (Phi) is 4.47. The number of carbonyl (C=O) groups excluding carboxylic acids is 1. The fourth-order valence-corrected chi connectivity index (χ4v) is 2.93. The van der Waals surface area contributed by atoms with Gasteiger partial charge in [-0.15, -0.1) is 0 Å². The Labute approximate surface area is 134 Å². The van der Waals surface area contributed by atoms with Gasteiger partial charge in [-0.05, 0) is 38.2 Å². The van der Waals surface area contributed by atoms with E-state index in [1.807, 2.05) is 6.07 Å².